The number of aromatic nitrogens is 2. The summed E-state index contributed by atoms with van der Waals surface area (Å²) in [6.45, 7) is -0.826. The van der Waals surface area contributed by atoms with Gasteiger partial charge in [0.1, 0.15) is 17.7 Å². The number of benzene rings is 4. The first-order valence-corrected chi connectivity index (χ1v) is 36.1. The minimum absolute atomic E-state index is 0.0201. The molecular formula is C49H55IN8O10S2Sn. The zero-order chi connectivity index (χ0) is 51.9. The SMILES string of the molecule is Nc1cccc(CCc2ccc(C(=O)NC[C@H](NS(=O)(=O)c3ccc([125I])cc3)C(=O)O)cc2)n1.[CH3][Sn]([CH3])([CH3])[c]1ccc(S(=O)(=O)N[C@@H](CNC(=O)c2ccc(CCc3cccc(N)n3)cc2)C(=O)O)cc1. The van der Waals surface area contributed by atoms with Crippen LogP contribution in [0.2, 0.25) is 14.8 Å². The van der Waals surface area contributed by atoms with E-state index in [-0.39, 0.29) is 9.79 Å². The van der Waals surface area contributed by atoms with Crippen molar-refractivity contribution in [3.63, 3.8) is 0 Å². The number of aryl methyl sites for hydroxylation is 4. The van der Waals surface area contributed by atoms with E-state index in [0.717, 1.165) is 29.7 Å². The number of carbonyl (C=O) groups is 4. The first kappa shape index (κ1) is 55.9. The molecule has 0 spiro atoms. The number of nitrogens with zero attached hydrogens (tertiary/aromatic N) is 2. The monoisotopic (exact) mass is 1220 g/mol. The Bertz CT molecular complexity index is 3040. The van der Waals surface area contributed by atoms with Gasteiger partial charge in [-0.15, -0.1) is 0 Å². The Morgan fingerprint density at radius 2 is 0.915 bits per heavy atom. The molecule has 0 aliphatic heterocycles. The van der Waals surface area contributed by atoms with Crippen LogP contribution in [0, 0.1) is 3.57 Å². The number of amides is 2. The first-order valence-electron chi connectivity index (χ1n) is 22.0. The fourth-order valence-electron chi connectivity index (χ4n) is 6.68. The van der Waals surface area contributed by atoms with Crippen molar-refractivity contribution in [3.05, 3.63) is 171 Å². The van der Waals surface area contributed by atoms with Crippen molar-refractivity contribution >= 4 is 100.0 Å². The van der Waals surface area contributed by atoms with Gasteiger partial charge in [0.2, 0.25) is 10.0 Å². The Labute approximate surface area is 430 Å². The van der Waals surface area contributed by atoms with Gasteiger partial charge in [0, 0.05) is 27.1 Å². The number of nitrogen functional groups attached to an aromatic ring is 2. The molecule has 0 unspecified atom stereocenters. The zero-order valence-corrected chi connectivity index (χ0v) is 45.6. The van der Waals surface area contributed by atoms with Crippen LogP contribution in [0.4, 0.5) is 11.6 Å². The van der Waals surface area contributed by atoms with Crippen LogP contribution in [0.3, 0.4) is 0 Å². The van der Waals surface area contributed by atoms with Crippen molar-refractivity contribution in [2.45, 2.75) is 62.4 Å². The molecular weight excluding hydrogens is 1170 g/mol. The van der Waals surface area contributed by atoms with Crippen LogP contribution >= 0.6 is 22.6 Å². The molecule has 0 radical (unpaired) electrons. The summed E-state index contributed by atoms with van der Waals surface area (Å²) >= 11 is -0.326. The topological polar surface area (TPSA) is 303 Å². The number of anilines is 2. The third kappa shape index (κ3) is 17.7. The van der Waals surface area contributed by atoms with Gasteiger partial charge in [0.05, 0.1) is 4.90 Å². The van der Waals surface area contributed by atoms with Gasteiger partial charge in [-0.25, -0.2) is 18.4 Å². The molecule has 0 aliphatic carbocycles. The third-order valence-corrected chi connectivity index (χ3v) is 20.3. The number of hydrogen-bond donors (Lipinski definition) is 8. The average molecular weight is 1220 g/mol. The van der Waals surface area contributed by atoms with Crippen LogP contribution in [0.25, 0.3) is 0 Å². The summed E-state index contributed by atoms with van der Waals surface area (Å²) in [5.74, 6) is -2.88. The second kappa shape index (κ2) is 25.4. The molecule has 71 heavy (non-hydrogen) atoms. The van der Waals surface area contributed by atoms with Gasteiger partial charge in [-0.2, -0.15) is 4.72 Å². The average Bonchev–Trinajstić information content (AvgIpc) is 3.33. The Morgan fingerprint density at radius 1 is 0.549 bits per heavy atom. The molecule has 0 aliphatic rings. The van der Waals surface area contributed by atoms with Crippen molar-refractivity contribution in [1.29, 1.82) is 0 Å². The third-order valence-electron chi connectivity index (χ3n) is 10.7. The van der Waals surface area contributed by atoms with Gasteiger partial charge in [0.15, 0.2) is 0 Å². The van der Waals surface area contributed by atoms with E-state index in [9.17, 15) is 46.2 Å². The fraction of sp³-hybridized carbons (Fsp3) is 0.224. The number of carboxylic acids is 2. The Morgan fingerprint density at radius 3 is 1.25 bits per heavy atom. The molecule has 0 fully saturated rings. The van der Waals surface area contributed by atoms with Gasteiger partial charge >= 0.3 is 157 Å². The van der Waals surface area contributed by atoms with Crippen LogP contribution < -0.4 is 35.1 Å². The van der Waals surface area contributed by atoms with Crippen LogP contribution in [0.5, 0.6) is 0 Å². The second-order valence-electron chi connectivity index (χ2n) is 17.2. The van der Waals surface area contributed by atoms with Crippen molar-refractivity contribution in [2.75, 3.05) is 24.6 Å². The molecule has 2 heterocycles. The molecule has 2 amide bonds. The van der Waals surface area contributed by atoms with Gasteiger partial charge in [0.25, 0.3) is 5.91 Å². The van der Waals surface area contributed by atoms with Gasteiger partial charge in [-0.3, -0.25) is 9.59 Å². The number of halogens is 1. The Kier molecular flexibility index (Phi) is 20.0. The van der Waals surface area contributed by atoms with Crippen molar-refractivity contribution in [2.24, 2.45) is 0 Å². The minimum atomic E-state index is -4.09. The summed E-state index contributed by atoms with van der Waals surface area (Å²) in [5, 5.41) is 23.9. The van der Waals surface area contributed by atoms with Crippen LogP contribution in [-0.2, 0) is 55.3 Å². The number of carboxylic acid groups (broad SMARTS) is 2. The van der Waals surface area contributed by atoms with E-state index < -0.39 is 87.3 Å². The molecule has 4 aromatic carbocycles. The van der Waals surface area contributed by atoms with Gasteiger partial charge < -0.3 is 21.9 Å². The molecule has 0 bridgehead atoms. The van der Waals surface area contributed by atoms with E-state index in [1.54, 1.807) is 72.8 Å². The molecule has 18 nitrogen and oxygen atoms in total. The van der Waals surface area contributed by atoms with E-state index in [1.807, 2.05) is 59.0 Å². The normalized spacial score (nSPS) is 12.4. The number of carbonyl (C=O) groups excluding carboxylic acids is 2. The van der Waals surface area contributed by atoms with E-state index in [1.165, 1.54) is 24.3 Å². The number of aliphatic carboxylic acids is 2. The maximum atomic E-state index is 12.8. The molecule has 10 N–H and O–H groups in total. The van der Waals surface area contributed by atoms with Gasteiger partial charge in [-0.05, 0) is 120 Å². The van der Waals surface area contributed by atoms with Crippen LogP contribution in [0.15, 0.2) is 143 Å². The maximum absolute atomic E-state index is 12.8. The molecule has 0 saturated heterocycles. The summed E-state index contributed by atoms with van der Waals surface area (Å²) in [4.78, 5) is 63.4. The summed E-state index contributed by atoms with van der Waals surface area (Å²) in [6.07, 6.45) is 2.80. The summed E-state index contributed by atoms with van der Waals surface area (Å²) < 4.78 is 56.8. The molecule has 374 valence electrons. The summed E-state index contributed by atoms with van der Waals surface area (Å²) in [6, 6.07) is 34.1. The van der Waals surface area contributed by atoms with E-state index in [4.69, 9.17) is 11.5 Å². The Hall–Kier alpha value is -5.99. The number of hydrogen-bond acceptors (Lipinski definition) is 12. The first-order chi connectivity index (χ1) is 33.5. The number of nitrogens with one attached hydrogen (secondary N) is 4. The predicted molar refractivity (Wildman–Crippen MR) is 282 cm³/mol. The standard InChI is InChI=1S/C23H23IN4O5S.C23H23N4O5S.3CH3.Sn/c24-17-9-12-19(13-10-17)34(32,33)28-20(23(30)31)14-26-22(29)16-7-4-15(5-8-16)6-11-18-2-1-3-21(25)27-18;24-21-8-4-5-18(26-21)14-11-16-9-12-17(13-10-16)22(28)25-15-20(23(29)30)27-33(31,32)19-6-2-1-3-7-19;;;;/h1-5,7-10,12-13,20,28H,6,11,14H2,(H2,25,27)(H,26,29)(H,30,31);2-10,12-13,20,27H,11,14-15H2,(H2,24,26)(H,25,28)(H,29,30);3*1H3;/t2*20-;;;;/m00..../s1/i24-2;;;;;. The quantitative estimate of drug-likeness (QED) is 0.0367. The van der Waals surface area contributed by atoms with Crippen LogP contribution in [0.1, 0.15) is 43.2 Å². The zero-order valence-electron chi connectivity index (χ0n) is 39.0. The molecule has 2 atom stereocenters. The second-order valence-corrected chi connectivity index (χ2v) is 36.3. The summed E-state index contributed by atoms with van der Waals surface area (Å²) in [5.41, 5.74) is 15.8. The molecule has 6 aromatic rings. The van der Waals surface area contributed by atoms with Crippen molar-refractivity contribution in [1.82, 2.24) is 30.0 Å². The molecule has 0 saturated carbocycles. The molecule has 6 rings (SSSR count). The number of pyridine rings is 2. The molecule has 2 aromatic heterocycles. The Balaban J connectivity index is 0.000000265. The fourth-order valence-corrected chi connectivity index (χ4v) is 12.7. The van der Waals surface area contributed by atoms with Gasteiger partial charge in [-0.1, -0.05) is 36.4 Å². The number of sulfonamides is 2. The number of nitrogens with two attached hydrogens (primary N) is 2. The van der Waals surface area contributed by atoms with E-state index in [2.05, 4.69) is 44.9 Å². The molecule has 22 heteroatoms. The van der Waals surface area contributed by atoms with Crippen molar-refractivity contribution < 1.29 is 46.2 Å². The number of rotatable bonds is 21. The van der Waals surface area contributed by atoms with Crippen molar-refractivity contribution in [3.8, 4) is 0 Å². The van der Waals surface area contributed by atoms with Crippen LogP contribution in [-0.4, -0.2) is 104 Å². The summed E-state index contributed by atoms with van der Waals surface area (Å²) in [7, 11) is -8.16. The van der Waals surface area contributed by atoms with E-state index >= 15 is 0 Å². The predicted octanol–water partition coefficient (Wildman–Crippen LogP) is 4.37. The van der Waals surface area contributed by atoms with E-state index in [0.29, 0.717) is 48.4 Å².